The van der Waals surface area contributed by atoms with Gasteiger partial charge in [-0.2, -0.15) is 0 Å². The lowest BCUT2D eigenvalue weighted by Crippen LogP contribution is -2.29. The fourth-order valence-electron chi connectivity index (χ4n) is 3.80. The summed E-state index contributed by atoms with van der Waals surface area (Å²) in [5, 5.41) is 2.89. The van der Waals surface area contributed by atoms with Crippen LogP contribution in [0, 0.1) is 6.92 Å². The van der Waals surface area contributed by atoms with Crippen LogP contribution in [0.15, 0.2) is 85.2 Å². The second-order valence-corrected chi connectivity index (χ2v) is 8.00. The number of aryl methyl sites for hydroxylation is 1. The maximum atomic E-state index is 12.8. The largest absolute Gasteiger partial charge is 0.424 e. The molecule has 0 saturated heterocycles. The van der Waals surface area contributed by atoms with Crippen LogP contribution in [0.3, 0.4) is 0 Å². The van der Waals surface area contributed by atoms with E-state index in [1.54, 1.807) is 85.2 Å². The van der Waals surface area contributed by atoms with Crippen molar-refractivity contribution in [2.75, 3.05) is 5.32 Å². The van der Waals surface area contributed by atoms with Gasteiger partial charge in [-0.15, -0.1) is 0 Å². The standard InChI is InChI=1S/C27H20N4O4/c1-17-15-20(35-27-28-13-4-14-29-27)11-12-23(17)30-24(32)19-9-7-18(8-10-19)16-31-25(33)21-5-2-3-6-22(21)26(31)34/h2-15H,16H2,1H3,(H,30,32). The van der Waals surface area contributed by atoms with Gasteiger partial charge in [-0.3, -0.25) is 19.3 Å². The number of ether oxygens (including phenoxy) is 1. The molecule has 0 atom stereocenters. The molecule has 0 unspecified atom stereocenters. The third-order valence-electron chi connectivity index (χ3n) is 5.63. The number of rotatable bonds is 6. The van der Waals surface area contributed by atoms with Crippen LogP contribution in [0.4, 0.5) is 5.69 Å². The number of hydrogen-bond acceptors (Lipinski definition) is 6. The molecule has 5 rings (SSSR count). The number of nitrogens with zero attached hydrogens (tertiary/aromatic N) is 3. The fourth-order valence-corrected chi connectivity index (χ4v) is 3.80. The van der Waals surface area contributed by atoms with Gasteiger partial charge in [-0.1, -0.05) is 24.3 Å². The number of benzene rings is 3. The number of aromatic nitrogens is 2. The normalized spacial score (nSPS) is 12.4. The summed E-state index contributed by atoms with van der Waals surface area (Å²) in [6.45, 7) is 2.00. The molecule has 0 spiro atoms. The fraction of sp³-hybridized carbons (Fsp3) is 0.0741. The molecule has 0 aliphatic carbocycles. The average molecular weight is 464 g/mol. The van der Waals surface area contributed by atoms with E-state index in [0.717, 1.165) is 11.1 Å². The topological polar surface area (TPSA) is 101 Å². The lowest BCUT2D eigenvalue weighted by molar-refractivity contribution is 0.0642. The first-order valence-corrected chi connectivity index (χ1v) is 10.9. The van der Waals surface area contributed by atoms with Gasteiger partial charge in [0.25, 0.3) is 17.7 Å². The Hall–Kier alpha value is -4.85. The van der Waals surface area contributed by atoms with Gasteiger partial charge in [0.1, 0.15) is 5.75 Å². The number of carbonyl (C=O) groups is 3. The van der Waals surface area contributed by atoms with Crippen molar-refractivity contribution in [1.82, 2.24) is 14.9 Å². The highest BCUT2D eigenvalue weighted by Gasteiger charge is 2.34. The third kappa shape index (κ3) is 4.49. The predicted octanol–water partition coefficient (Wildman–Crippen LogP) is 4.63. The lowest BCUT2D eigenvalue weighted by Gasteiger charge is -2.14. The van der Waals surface area contributed by atoms with Crippen molar-refractivity contribution in [3.8, 4) is 11.8 Å². The van der Waals surface area contributed by atoms with E-state index in [1.807, 2.05) is 6.92 Å². The van der Waals surface area contributed by atoms with E-state index >= 15 is 0 Å². The Balaban J connectivity index is 1.23. The molecule has 0 bridgehead atoms. The molecule has 8 heteroatoms. The zero-order chi connectivity index (χ0) is 24.4. The summed E-state index contributed by atoms with van der Waals surface area (Å²) in [6.07, 6.45) is 3.18. The van der Waals surface area contributed by atoms with Crippen LogP contribution in [-0.4, -0.2) is 32.6 Å². The molecule has 0 fully saturated rings. The van der Waals surface area contributed by atoms with Crippen LogP contribution < -0.4 is 10.1 Å². The van der Waals surface area contributed by atoms with Gasteiger partial charge >= 0.3 is 6.01 Å². The first kappa shape index (κ1) is 22.0. The first-order chi connectivity index (χ1) is 17.0. The Morgan fingerprint density at radius 2 is 1.54 bits per heavy atom. The Morgan fingerprint density at radius 1 is 0.886 bits per heavy atom. The summed E-state index contributed by atoms with van der Waals surface area (Å²) in [5.74, 6) is -0.340. The summed E-state index contributed by atoms with van der Waals surface area (Å²) in [4.78, 5) is 47.2. The molecule has 0 saturated carbocycles. The summed E-state index contributed by atoms with van der Waals surface area (Å²) < 4.78 is 5.62. The molecule has 3 amide bonds. The number of hydrogen-bond donors (Lipinski definition) is 1. The van der Waals surface area contributed by atoms with Gasteiger partial charge < -0.3 is 10.1 Å². The van der Waals surface area contributed by atoms with Crippen LogP contribution in [0.1, 0.15) is 42.2 Å². The van der Waals surface area contributed by atoms with E-state index in [-0.39, 0.29) is 30.3 Å². The van der Waals surface area contributed by atoms with Crippen molar-refractivity contribution in [2.45, 2.75) is 13.5 Å². The number of amides is 3. The number of anilines is 1. The van der Waals surface area contributed by atoms with Crippen LogP contribution >= 0.6 is 0 Å². The highest BCUT2D eigenvalue weighted by Crippen LogP contribution is 2.26. The summed E-state index contributed by atoms with van der Waals surface area (Å²) in [5.41, 5.74) is 3.49. The number of nitrogens with one attached hydrogen (secondary N) is 1. The van der Waals surface area contributed by atoms with Crippen molar-refractivity contribution in [1.29, 1.82) is 0 Å². The summed E-state index contributed by atoms with van der Waals surface area (Å²) in [7, 11) is 0. The maximum Gasteiger partial charge on any atom is 0.321 e. The highest BCUT2D eigenvalue weighted by molar-refractivity contribution is 6.21. The van der Waals surface area contributed by atoms with E-state index < -0.39 is 0 Å². The highest BCUT2D eigenvalue weighted by atomic mass is 16.5. The second-order valence-electron chi connectivity index (χ2n) is 8.00. The third-order valence-corrected chi connectivity index (χ3v) is 5.63. The molecule has 8 nitrogen and oxygen atoms in total. The molecule has 4 aromatic rings. The average Bonchev–Trinajstić information content (AvgIpc) is 3.12. The number of carbonyl (C=O) groups excluding carboxylic acids is 3. The van der Waals surface area contributed by atoms with Gasteiger partial charge in [0.05, 0.1) is 17.7 Å². The molecule has 2 heterocycles. The molecule has 1 aliphatic heterocycles. The molecule has 1 aromatic heterocycles. The molecular formula is C27H20N4O4. The van der Waals surface area contributed by atoms with Crippen molar-refractivity contribution >= 4 is 23.4 Å². The van der Waals surface area contributed by atoms with E-state index in [4.69, 9.17) is 4.74 Å². The SMILES string of the molecule is Cc1cc(Oc2ncccn2)ccc1NC(=O)c1ccc(CN2C(=O)c3ccccc3C2=O)cc1. The van der Waals surface area contributed by atoms with Crippen LogP contribution in [0.2, 0.25) is 0 Å². The molecular weight excluding hydrogens is 444 g/mol. The van der Waals surface area contributed by atoms with Crippen LogP contribution in [0.5, 0.6) is 11.8 Å². The van der Waals surface area contributed by atoms with Crippen LogP contribution in [0.25, 0.3) is 0 Å². The maximum absolute atomic E-state index is 12.8. The molecule has 3 aromatic carbocycles. The minimum absolute atomic E-state index is 0.139. The van der Waals surface area contributed by atoms with Gasteiger partial charge in [0, 0.05) is 23.6 Å². The lowest BCUT2D eigenvalue weighted by atomic mass is 10.1. The molecule has 1 N–H and O–H groups in total. The van der Waals surface area contributed by atoms with Gasteiger partial charge in [-0.05, 0) is 66.6 Å². The van der Waals surface area contributed by atoms with E-state index in [2.05, 4.69) is 15.3 Å². The Kier molecular flexibility index (Phi) is 5.76. The van der Waals surface area contributed by atoms with E-state index in [1.165, 1.54) is 4.90 Å². The van der Waals surface area contributed by atoms with Crippen LogP contribution in [-0.2, 0) is 6.54 Å². The van der Waals surface area contributed by atoms with Gasteiger partial charge in [-0.25, -0.2) is 9.97 Å². The molecule has 1 aliphatic rings. The smallest absolute Gasteiger partial charge is 0.321 e. The molecule has 35 heavy (non-hydrogen) atoms. The Morgan fingerprint density at radius 3 is 2.17 bits per heavy atom. The van der Waals surface area contributed by atoms with E-state index in [9.17, 15) is 14.4 Å². The Labute approximate surface area is 201 Å². The van der Waals surface area contributed by atoms with E-state index in [0.29, 0.717) is 28.1 Å². The number of imide groups is 1. The van der Waals surface area contributed by atoms with Crippen molar-refractivity contribution in [3.63, 3.8) is 0 Å². The summed E-state index contributed by atoms with van der Waals surface area (Å²) >= 11 is 0. The second kappa shape index (κ2) is 9.18. The van der Waals surface area contributed by atoms with Gasteiger partial charge in [0.15, 0.2) is 0 Å². The Bertz CT molecular complexity index is 1400. The van der Waals surface area contributed by atoms with Crippen molar-refractivity contribution in [2.24, 2.45) is 0 Å². The number of fused-ring (bicyclic) bond motifs is 1. The molecule has 0 radical (unpaired) electrons. The van der Waals surface area contributed by atoms with Crippen molar-refractivity contribution < 1.29 is 19.1 Å². The quantitative estimate of drug-likeness (QED) is 0.418. The minimum Gasteiger partial charge on any atom is -0.424 e. The van der Waals surface area contributed by atoms with Crippen molar-refractivity contribution in [3.05, 3.63) is 113 Å². The monoisotopic (exact) mass is 464 g/mol. The zero-order valence-corrected chi connectivity index (χ0v) is 18.8. The minimum atomic E-state index is -0.311. The molecule has 172 valence electrons. The summed E-state index contributed by atoms with van der Waals surface area (Å²) in [6, 6.07) is 20.8. The van der Waals surface area contributed by atoms with Gasteiger partial charge in [0.2, 0.25) is 0 Å². The predicted molar refractivity (Wildman–Crippen MR) is 128 cm³/mol. The zero-order valence-electron chi connectivity index (χ0n) is 18.8. The first-order valence-electron chi connectivity index (χ1n) is 10.9.